The van der Waals surface area contributed by atoms with Crippen molar-refractivity contribution in [2.45, 2.75) is 25.6 Å². The predicted molar refractivity (Wildman–Crippen MR) is 34.2 cm³/mol. The molecule has 0 unspecified atom stereocenters. The zero-order valence-electron chi connectivity index (χ0n) is 5.41. The summed E-state index contributed by atoms with van der Waals surface area (Å²) in [6.07, 6.45) is 5.72. The maximum Gasteiger partial charge on any atom is 0.151 e. The van der Waals surface area contributed by atoms with Crippen LogP contribution in [0.15, 0.2) is 12.2 Å². The van der Waals surface area contributed by atoms with Gasteiger partial charge in [-0.25, -0.2) is 0 Å². The number of epoxide rings is 1. The van der Waals surface area contributed by atoms with Crippen molar-refractivity contribution in [2.75, 3.05) is 0 Å². The lowest BCUT2D eigenvalue weighted by molar-refractivity contribution is -0.108. The second kappa shape index (κ2) is 2.78. The maximum absolute atomic E-state index is 9.98. The molecule has 0 aromatic rings. The number of carbonyl (C=O) groups excluding carboxylic acids is 1. The van der Waals surface area contributed by atoms with Gasteiger partial charge in [0.2, 0.25) is 0 Å². The number of hydrogen-bond acceptors (Lipinski definition) is 2. The molecule has 1 aliphatic heterocycles. The molecule has 0 spiro atoms. The quantitative estimate of drug-likeness (QED) is 0.319. The van der Waals surface area contributed by atoms with E-state index in [1.165, 1.54) is 0 Å². The Morgan fingerprint density at radius 1 is 1.56 bits per heavy atom. The van der Waals surface area contributed by atoms with Gasteiger partial charge in [-0.15, -0.1) is 0 Å². The summed E-state index contributed by atoms with van der Waals surface area (Å²) in [7, 11) is 0. The first-order valence-corrected chi connectivity index (χ1v) is 3.16. The summed E-state index contributed by atoms with van der Waals surface area (Å²) in [5, 5.41) is 0. The molecule has 1 saturated heterocycles. The molecule has 0 radical (unpaired) electrons. The lowest BCUT2D eigenvalue weighted by Crippen LogP contribution is -1.89. The van der Waals surface area contributed by atoms with E-state index in [4.69, 9.17) is 4.74 Å². The van der Waals surface area contributed by atoms with Crippen molar-refractivity contribution in [3.8, 4) is 0 Å². The molecule has 0 bridgehead atoms. The Kier molecular flexibility index (Phi) is 2.01. The van der Waals surface area contributed by atoms with Gasteiger partial charge in [0.1, 0.15) is 12.2 Å². The van der Waals surface area contributed by atoms with Crippen molar-refractivity contribution in [1.29, 1.82) is 0 Å². The van der Waals surface area contributed by atoms with E-state index < -0.39 is 0 Å². The third-order valence-electron chi connectivity index (χ3n) is 1.26. The highest BCUT2D eigenvalue weighted by molar-refractivity contribution is 5.61. The molecule has 1 rings (SSSR count). The normalized spacial score (nSPS) is 33.0. The summed E-state index contributed by atoms with van der Waals surface area (Å²) < 4.78 is 4.91. The van der Waals surface area contributed by atoms with Crippen molar-refractivity contribution in [3.05, 3.63) is 12.2 Å². The van der Waals surface area contributed by atoms with Gasteiger partial charge in [-0.3, -0.25) is 0 Å². The average Bonchev–Trinajstić information content (AvgIpc) is 2.62. The molecule has 2 nitrogen and oxygen atoms in total. The van der Waals surface area contributed by atoms with Crippen molar-refractivity contribution in [3.63, 3.8) is 0 Å². The standard InChI is InChI=1S/C7H10O2/c1-2-3-4-6-7(5-8)9-6/h3-7H,2H2,1H3/b4-3-/t6-,7-/m0/s1. The van der Waals surface area contributed by atoms with Crippen LogP contribution in [0.25, 0.3) is 0 Å². The van der Waals surface area contributed by atoms with Crippen molar-refractivity contribution < 1.29 is 9.53 Å². The monoisotopic (exact) mass is 126 g/mol. The van der Waals surface area contributed by atoms with E-state index in [0.717, 1.165) is 12.7 Å². The third kappa shape index (κ3) is 1.64. The Morgan fingerprint density at radius 3 is 2.78 bits per heavy atom. The topological polar surface area (TPSA) is 29.6 Å². The smallest absolute Gasteiger partial charge is 0.151 e. The van der Waals surface area contributed by atoms with Crippen LogP contribution < -0.4 is 0 Å². The molecule has 2 atom stereocenters. The van der Waals surface area contributed by atoms with E-state index in [0.29, 0.717) is 0 Å². The first kappa shape index (κ1) is 6.49. The number of allylic oxidation sites excluding steroid dienone is 1. The van der Waals surface area contributed by atoms with Gasteiger partial charge in [0.25, 0.3) is 0 Å². The molecule has 0 saturated carbocycles. The molecule has 1 aliphatic rings. The Bertz CT molecular complexity index is 129. The minimum atomic E-state index is -0.146. The number of aldehydes is 1. The van der Waals surface area contributed by atoms with E-state index in [2.05, 4.69) is 6.92 Å². The Labute approximate surface area is 54.5 Å². The summed E-state index contributed by atoms with van der Waals surface area (Å²) in [5.41, 5.74) is 0. The van der Waals surface area contributed by atoms with E-state index in [1.807, 2.05) is 12.2 Å². The Hall–Kier alpha value is -0.630. The van der Waals surface area contributed by atoms with Crippen LogP contribution in [0.2, 0.25) is 0 Å². The average molecular weight is 126 g/mol. The molecule has 0 N–H and O–H groups in total. The van der Waals surface area contributed by atoms with Crippen LogP contribution in [0, 0.1) is 0 Å². The first-order chi connectivity index (χ1) is 4.38. The summed E-state index contributed by atoms with van der Waals surface area (Å²) in [5.74, 6) is 0. The van der Waals surface area contributed by atoms with Gasteiger partial charge >= 0.3 is 0 Å². The molecule has 0 aliphatic carbocycles. The van der Waals surface area contributed by atoms with Gasteiger partial charge in [0.05, 0.1) is 0 Å². The van der Waals surface area contributed by atoms with Crippen LogP contribution in [-0.2, 0) is 9.53 Å². The zero-order valence-corrected chi connectivity index (χ0v) is 5.41. The van der Waals surface area contributed by atoms with Crippen molar-refractivity contribution in [1.82, 2.24) is 0 Å². The summed E-state index contributed by atoms with van der Waals surface area (Å²) >= 11 is 0. The largest absolute Gasteiger partial charge is 0.357 e. The van der Waals surface area contributed by atoms with Crippen molar-refractivity contribution >= 4 is 6.29 Å². The van der Waals surface area contributed by atoms with Gasteiger partial charge in [0, 0.05) is 0 Å². The first-order valence-electron chi connectivity index (χ1n) is 3.16. The van der Waals surface area contributed by atoms with Crippen LogP contribution >= 0.6 is 0 Å². The molecular formula is C7H10O2. The summed E-state index contributed by atoms with van der Waals surface area (Å²) in [4.78, 5) is 9.98. The van der Waals surface area contributed by atoms with Gasteiger partial charge in [-0.2, -0.15) is 0 Å². The van der Waals surface area contributed by atoms with E-state index in [-0.39, 0.29) is 12.2 Å². The molecule has 1 heterocycles. The van der Waals surface area contributed by atoms with Gasteiger partial charge in [-0.05, 0) is 6.42 Å². The van der Waals surface area contributed by atoms with Crippen LogP contribution in [0.4, 0.5) is 0 Å². The van der Waals surface area contributed by atoms with Crippen LogP contribution in [0.3, 0.4) is 0 Å². The number of rotatable bonds is 3. The van der Waals surface area contributed by atoms with Gasteiger partial charge in [-0.1, -0.05) is 19.1 Å². The predicted octanol–water partition coefficient (Wildman–Crippen LogP) is 0.919. The Morgan fingerprint density at radius 2 is 2.33 bits per heavy atom. The second-order valence-electron chi connectivity index (χ2n) is 2.04. The lowest BCUT2D eigenvalue weighted by atomic mass is 10.3. The highest BCUT2D eigenvalue weighted by Gasteiger charge is 2.35. The van der Waals surface area contributed by atoms with Gasteiger partial charge in [0.15, 0.2) is 6.29 Å². The molecule has 0 aromatic carbocycles. The SMILES string of the molecule is CC/C=C\[C@@H]1O[C@H]1C=O. The third-order valence-corrected chi connectivity index (χ3v) is 1.26. The van der Waals surface area contributed by atoms with E-state index in [1.54, 1.807) is 0 Å². The number of ether oxygens (including phenoxy) is 1. The number of hydrogen-bond donors (Lipinski definition) is 0. The highest BCUT2D eigenvalue weighted by Crippen LogP contribution is 2.20. The van der Waals surface area contributed by atoms with Crippen molar-refractivity contribution in [2.24, 2.45) is 0 Å². The molecular weight excluding hydrogens is 116 g/mol. The summed E-state index contributed by atoms with van der Waals surface area (Å²) in [6.45, 7) is 2.05. The Balaban J connectivity index is 2.18. The van der Waals surface area contributed by atoms with Crippen LogP contribution in [0.5, 0.6) is 0 Å². The van der Waals surface area contributed by atoms with Crippen LogP contribution in [-0.4, -0.2) is 18.5 Å². The fourth-order valence-electron chi connectivity index (χ4n) is 0.671. The maximum atomic E-state index is 9.98. The highest BCUT2D eigenvalue weighted by atomic mass is 16.6. The molecule has 9 heavy (non-hydrogen) atoms. The molecule has 0 amide bonds. The fraction of sp³-hybridized carbons (Fsp3) is 0.571. The molecule has 2 heteroatoms. The van der Waals surface area contributed by atoms with Gasteiger partial charge < -0.3 is 9.53 Å². The minimum Gasteiger partial charge on any atom is -0.357 e. The van der Waals surface area contributed by atoms with E-state index in [9.17, 15) is 4.79 Å². The summed E-state index contributed by atoms with van der Waals surface area (Å²) in [6, 6.07) is 0. The second-order valence-corrected chi connectivity index (χ2v) is 2.04. The molecule has 50 valence electrons. The minimum absolute atomic E-state index is 0.0856. The van der Waals surface area contributed by atoms with Crippen LogP contribution in [0.1, 0.15) is 13.3 Å². The molecule has 1 fully saturated rings. The molecule has 0 aromatic heterocycles. The lowest BCUT2D eigenvalue weighted by Gasteiger charge is -1.74. The fourth-order valence-corrected chi connectivity index (χ4v) is 0.671. The zero-order chi connectivity index (χ0) is 6.69. The van der Waals surface area contributed by atoms with E-state index >= 15 is 0 Å². The number of carbonyl (C=O) groups is 1.